The van der Waals surface area contributed by atoms with Gasteiger partial charge in [0.25, 0.3) is 0 Å². The van der Waals surface area contributed by atoms with Crippen LogP contribution in [-0.2, 0) is 17.3 Å². The Bertz CT molecular complexity index is 955. The van der Waals surface area contributed by atoms with Crippen LogP contribution in [0.5, 0.6) is 0 Å². The van der Waals surface area contributed by atoms with E-state index < -0.39 is 23.3 Å². The number of rotatable bonds is 8. The van der Waals surface area contributed by atoms with Crippen LogP contribution in [0.2, 0.25) is 0 Å². The van der Waals surface area contributed by atoms with E-state index in [1.54, 1.807) is 0 Å². The molecule has 5 heteroatoms. The maximum absolute atomic E-state index is 14.8. The van der Waals surface area contributed by atoms with E-state index in [0.29, 0.717) is 11.8 Å². The highest BCUT2D eigenvalue weighted by Crippen LogP contribution is 2.41. The lowest BCUT2D eigenvalue weighted by molar-refractivity contribution is -0.249. The Morgan fingerprint density at radius 2 is 1.43 bits per heavy atom. The fourth-order valence-corrected chi connectivity index (χ4v) is 5.91. The van der Waals surface area contributed by atoms with Gasteiger partial charge in [-0.3, -0.25) is 0 Å². The number of hydrogen-bond acceptors (Lipinski definition) is 1. The Labute approximate surface area is 207 Å². The second-order valence-corrected chi connectivity index (χ2v) is 10.8. The quantitative estimate of drug-likeness (QED) is 0.335. The lowest BCUT2D eigenvalue weighted by Crippen LogP contribution is -2.23. The first-order chi connectivity index (χ1) is 16.8. The zero-order valence-electron chi connectivity index (χ0n) is 21.0. The summed E-state index contributed by atoms with van der Waals surface area (Å²) >= 11 is 0. The number of benzene rings is 2. The third-order valence-corrected chi connectivity index (χ3v) is 8.43. The minimum atomic E-state index is -3.89. The van der Waals surface area contributed by atoms with Crippen molar-refractivity contribution < 1.29 is 22.3 Å². The fraction of sp³-hybridized carbons (Fsp3) is 0.600. The maximum Gasteiger partial charge on any atom is 0.386 e. The van der Waals surface area contributed by atoms with Crippen molar-refractivity contribution in [3.63, 3.8) is 0 Å². The molecular weight excluding hydrogens is 452 g/mol. The van der Waals surface area contributed by atoms with Gasteiger partial charge in [0.2, 0.25) is 0 Å². The smallest absolute Gasteiger partial charge is 0.316 e. The van der Waals surface area contributed by atoms with Crippen LogP contribution in [0.1, 0.15) is 106 Å². The van der Waals surface area contributed by atoms with Crippen molar-refractivity contribution in [2.75, 3.05) is 6.61 Å². The van der Waals surface area contributed by atoms with E-state index in [4.69, 9.17) is 4.74 Å². The standard InChI is InChI=1S/C30H38F4O/c1-3-21-6-14-25(15-7-21)26-16-17-27(29(32)28(26)31)30(33,34)35-19-18-22-8-12-24(13-9-22)23-10-4-20(2)5-11-23/h8-9,12-13,16-17,20-21,23,25H,3-7,10-11,14-15,18-19H2,1-2H3. The average Bonchev–Trinajstić information content (AvgIpc) is 2.86. The van der Waals surface area contributed by atoms with Gasteiger partial charge in [0.1, 0.15) is 0 Å². The molecule has 2 aliphatic carbocycles. The van der Waals surface area contributed by atoms with E-state index >= 15 is 0 Å². The third-order valence-electron chi connectivity index (χ3n) is 8.43. The molecule has 2 aliphatic rings. The lowest BCUT2D eigenvalue weighted by Gasteiger charge is -2.29. The molecule has 4 rings (SSSR count). The van der Waals surface area contributed by atoms with E-state index in [0.717, 1.165) is 49.7 Å². The second kappa shape index (κ2) is 11.5. The molecule has 0 N–H and O–H groups in total. The Morgan fingerprint density at radius 3 is 2.06 bits per heavy atom. The van der Waals surface area contributed by atoms with Crippen LogP contribution >= 0.6 is 0 Å². The molecular formula is C30H38F4O. The molecule has 0 radical (unpaired) electrons. The van der Waals surface area contributed by atoms with E-state index in [9.17, 15) is 17.6 Å². The number of hydrogen-bond donors (Lipinski definition) is 0. The van der Waals surface area contributed by atoms with E-state index in [1.807, 2.05) is 12.1 Å². The van der Waals surface area contributed by atoms with Gasteiger partial charge in [-0.25, -0.2) is 8.78 Å². The van der Waals surface area contributed by atoms with Crippen LogP contribution in [0, 0.1) is 23.5 Å². The summed E-state index contributed by atoms with van der Waals surface area (Å²) in [5.74, 6) is -0.781. The van der Waals surface area contributed by atoms with E-state index in [1.165, 1.54) is 37.3 Å². The first kappa shape index (κ1) is 26.2. The number of halogens is 4. The molecule has 2 aromatic carbocycles. The minimum absolute atomic E-state index is 0.115. The molecule has 2 fully saturated rings. The first-order valence-corrected chi connectivity index (χ1v) is 13.4. The third kappa shape index (κ3) is 6.28. The molecule has 2 aromatic rings. The van der Waals surface area contributed by atoms with Gasteiger partial charge in [0, 0.05) is 0 Å². The molecule has 0 aromatic heterocycles. The molecule has 0 heterocycles. The van der Waals surface area contributed by atoms with Gasteiger partial charge in [0.15, 0.2) is 11.6 Å². The summed E-state index contributed by atoms with van der Waals surface area (Å²) in [6, 6.07) is 10.4. The topological polar surface area (TPSA) is 9.23 Å². The van der Waals surface area contributed by atoms with Gasteiger partial charge in [0.05, 0.1) is 12.2 Å². The molecule has 0 amide bonds. The maximum atomic E-state index is 14.8. The summed E-state index contributed by atoms with van der Waals surface area (Å²) in [5.41, 5.74) is 1.37. The minimum Gasteiger partial charge on any atom is -0.316 e. The van der Waals surface area contributed by atoms with Crippen molar-refractivity contribution in [2.24, 2.45) is 11.8 Å². The van der Waals surface area contributed by atoms with Crippen LogP contribution in [0.3, 0.4) is 0 Å². The molecule has 1 nitrogen and oxygen atoms in total. The van der Waals surface area contributed by atoms with Gasteiger partial charge in [-0.2, -0.15) is 8.78 Å². The summed E-state index contributed by atoms with van der Waals surface area (Å²) < 4.78 is 63.7. The molecule has 0 bridgehead atoms. The van der Waals surface area contributed by atoms with Crippen LogP contribution in [0.15, 0.2) is 36.4 Å². The zero-order valence-corrected chi connectivity index (χ0v) is 21.0. The van der Waals surface area contributed by atoms with Crippen LogP contribution in [0.4, 0.5) is 17.6 Å². The summed E-state index contributed by atoms with van der Waals surface area (Å²) in [6.45, 7) is 4.15. The highest BCUT2D eigenvalue weighted by atomic mass is 19.3. The summed E-state index contributed by atoms with van der Waals surface area (Å²) in [4.78, 5) is 0. The molecule has 0 saturated heterocycles. The summed E-state index contributed by atoms with van der Waals surface area (Å²) in [6.07, 6.45) is 5.79. The number of ether oxygens (including phenoxy) is 1. The molecule has 0 atom stereocenters. The lowest BCUT2D eigenvalue weighted by atomic mass is 9.77. The fourth-order valence-electron chi connectivity index (χ4n) is 5.91. The van der Waals surface area contributed by atoms with E-state index in [2.05, 4.69) is 26.0 Å². The predicted molar refractivity (Wildman–Crippen MR) is 132 cm³/mol. The Kier molecular flexibility index (Phi) is 8.57. The van der Waals surface area contributed by atoms with Crippen LogP contribution in [-0.4, -0.2) is 6.61 Å². The van der Waals surface area contributed by atoms with Crippen LogP contribution in [0.25, 0.3) is 0 Å². The Hall–Kier alpha value is -1.88. The average molecular weight is 491 g/mol. The first-order valence-electron chi connectivity index (χ1n) is 13.4. The van der Waals surface area contributed by atoms with Crippen molar-refractivity contribution in [3.05, 3.63) is 70.3 Å². The molecule has 192 valence electrons. The normalized spacial score (nSPS) is 25.5. The second-order valence-electron chi connectivity index (χ2n) is 10.8. The molecule has 0 spiro atoms. The van der Waals surface area contributed by atoms with Crippen LogP contribution < -0.4 is 0 Å². The SMILES string of the molecule is CCC1CCC(c2ccc(C(F)(F)OCCc3ccc(C4CCC(C)CC4)cc3)c(F)c2F)CC1. The highest BCUT2D eigenvalue weighted by molar-refractivity contribution is 5.31. The van der Waals surface area contributed by atoms with Crippen molar-refractivity contribution in [3.8, 4) is 0 Å². The Balaban J connectivity index is 1.33. The van der Waals surface area contributed by atoms with Gasteiger partial charge >= 0.3 is 6.11 Å². The zero-order chi connectivity index (χ0) is 25.0. The predicted octanol–water partition coefficient (Wildman–Crippen LogP) is 9.25. The Morgan fingerprint density at radius 1 is 0.800 bits per heavy atom. The van der Waals surface area contributed by atoms with Gasteiger partial charge in [-0.15, -0.1) is 0 Å². The van der Waals surface area contributed by atoms with E-state index in [-0.39, 0.29) is 24.5 Å². The monoisotopic (exact) mass is 490 g/mol. The van der Waals surface area contributed by atoms with Crippen molar-refractivity contribution >= 4 is 0 Å². The largest absolute Gasteiger partial charge is 0.386 e. The molecule has 0 aliphatic heterocycles. The highest BCUT2D eigenvalue weighted by Gasteiger charge is 2.38. The van der Waals surface area contributed by atoms with Gasteiger partial charge in [-0.1, -0.05) is 63.4 Å². The molecule has 35 heavy (non-hydrogen) atoms. The number of alkyl halides is 2. The molecule has 0 unspecified atom stereocenters. The van der Waals surface area contributed by atoms with Gasteiger partial charge < -0.3 is 4.74 Å². The van der Waals surface area contributed by atoms with Crippen molar-refractivity contribution in [1.82, 2.24) is 0 Å². The molecule has 2 saturated carbocycles. The summed E-state index contributed by atoms with van der Waals surface area (Å²) in [5, 5.41) is 0. The van der Waals surface area contributed by atoms with Gasteiger partial charge in [-0.05, 0) is 91.4 Å². The van der Waals surface area contributed by atoms with Crippen molar-refractivity contribution in [1.29, 1.82) is 0 Å². The summed E-state index contributed by atoms with van der Waals surface area (Å²) in [7, 11) is 0. The van der Waals surface area contributed by atoms with Crippen molar-refractivity contribution in [2.45, 2.75) is 96.0 Å².